The third kappa shape index (κ3) is 4.55. The number of nitrogens with two attached hydrogens (primary N) is 1. The number of rotatable bonds is 5. The fourth-order valence-electron chi connectivity index (χ4n) is 1.93. The predicted octanol–water partition coefficient (Wildman–Crippen LogP) is 2.67. The monoisotopic (exact) mass is 306 g/mol. The lowest BCUT2D eigenvalue weighted by Gasteiger charge is -2.12. The number of amides is 1. The minimum absolute atomic E-state index is 0.0373. The van der Waals surface area contributed by atoms with E-state index in [-0.39, 0.29) is 17.5 Å². The first-order chi connectivity index (χ1) is 10.1. The Kier molecular flexibility index (Phi) is 5.31. The molecular weight excluding hydrogens is 291 g/mol. The van der Waals surface area contributed by atoms with Gasteiger partial charge in [0.1, 0.15) is 5.82 Å². The molecule has 1 atom stereocenters. The number of carbonyl (C=O) groups is 1. The van der Waals surface area contributed by atoms with E-state index in [1.165, 1.54) is 12.1 Å². The average Bonchev–Trinajstić information content (AvgIpc) is 2.49. The van der Waals surface area contributed by atoms with Crippen molar-refractivity contribution in [1.29, 1.82) is 0 Å². The molecule has 0 aromatic heterocycles. The molecule has 2 aromatic carbocycles. The van der Waals surface area contributed by atoms with Crippen LogP contribution in [0.3, 0.4) is 0 Å². The van der Waals surface area contributed by atoms with Crippen molar-refractivity contribution in [3.63, 3.8) is 0 Å². The second-order valence-corrected chi connectivity index (χ2v) is 5.17. The highest BCUT2D eigenvalue weighted by atomic mass is 35.5. The maximum atomic E-state index is 13.0. The van der Waals surface area contributed by atoms with E-state index in [4.69, 9.17) is 17.3 Å². The minimum atomic E-state index is -0.622. The molecule has 3 N–H and O–H groups in total. The van der Waals surface area contributed by atoms with Gasteiger partial charge in [-0.15, -0.1) is 0 Å². The molecule has 0 aliphatic rings. The van der Waals surface area contributed by atoms with Crippen LogP contribution in [0.2, 0.25) is 5.02 Å². The van der Waals surface area contributed by atoms with E-state index in [1.54, 1.807) is 6.07 Å². The number of hydrogen-bond acceptors (Lipinski definition) is 2. The molecule has 21 heavy (non-hydrogen) atoms. The van der Waals surface area contributed by atoms with Gasteiger partial charge in [0.2, 0.25) is 5.91 Å². The average molecular weight is 307 g/mol. The summed E-state index contributed by atoms with van der Waals surface area (Å²) in [4.78, 5) is 11.9. The molecule has 0 aliphatic heterocycles. The van der Waals surface area contributed by atoms with Crippen LogP contribution in [0, 0.1) is 5.82 Å². The summed E-state index contributed by atoms with van der Waals surface area (Å²) in [5, 5.41) is 2.76. The van der Waals surface area contributed by atoms with Crippen LogP contribution in [0.4, 0.5) is 4.39 Å². The van der Waals surface area contributed by atoms with E-state index in [1.807, 2.05) is 30.3 Å². The topological polar surface area (TPSA) is 55.1 Å². The second kappa shape index (κ2) is 7.20. The zero-order valence-corrected chi connectivity index (χ0v) is 12.1. The van der Waals surface area contributed by atoms with Gasteiger partial charge >= 0.3 is 0 Å². The Balaban J connectivity index is 1.87. The molecule has 2 rings (SSSR count). The van der Waals surface area contributed by atoms with Crippen molar-refractivity contribution in [1.82, 2.24) is 5.32 Å². The molecule has 0 aliphatic carbocycles. The molecule has 0 saturated heterocycles. The molecule has 2 aromatic rings. The molecule has 0 spiro atoms. The number of hydrogen-bond donors (Lipinski definition) is 2. The quantitative estimate of drug-likeness (QED) is 0.892. The molecule has 0 heterocycles. The molecule has 3 nitrogen and oxygen atoms in total. The molecule has 1 amide bonds. The molecule has 1 unspecified atom stereocenters. The standard InChI is InChI=1S/C16H16ClFN2O/c17-13-8-12(6-7-14(13)18)10-20-16(21)15(19)9-11-4-2-1-3-5-11/h1-8,15H,9-10,19H2,(H,20,21). The fourth-order valence-corrected chi connectivity index (χ4v) is 2.13. The molecular formula is C16H16ClFN2O. The lowest BCUT2D eigenvalue weighted by Crippen LogP contribution is -2.41. The van der Waals surface area contributed by atoms with Gasteiger partial charge in [-0.2, -0.15) is 0 Å². The first kappa shape index (κ1) is 15.5. The lowest BCUT2D eigenvalue weighted by atomic mass is 10.1. The Labute approximate surface area is 127 Å². The van der Waals surface area contributed by atoms with Crippen molar-refractivity contribution in [3.8, 4) is 0 Å². The van der Waals surface area contributed by atoms with Crippen molar-refractivity contribution in [3.05, 3.63) is 70.5 Å². The fraction of sp³-hybridized carbons (Fsp3) is 0.188. The van der Waals surface area contributed by atoms with Crippen LogP contribution in [0.15, 0.2) is 48.5 Å². The summed E-state index contributed by atoms with van der Waals surface area (Å²) >= 11 is 5.69. The molecule has 5 heteroatoms. The largest absolute Gasteiger partial charge is 0.351 e. The van der Waals surface area contributed by atoms with Gasteiger partial charge in [-0.3, -0.25) is 4.79 Å². The Bertz CT molecular complexity index is 619. The summed E-state index contributed by atoms with van der Waals surface area (Å²) in [6.07, 6.45) is 0.469. The van der Waals surface area contributed by atoms with Gasteiger partial charge in [-0.1, -0.05) is 48.0 Å². The van der Waals surface area contributed by atoms with Gasteiger partial charge < -0.3 is 11.1 Å². The van der Waals surface area contributed by atoms with Gasteiger partial charge in [0.15, 0.2) is 0 Å². The number of carbonyl (C=O) groups excluding carboxylic acids is 1. The van der Waals surface area contributed by atoms with Crippen molar-refractivity contribution >= 4 is 17.5 Å². The SMILES string of the molecule is NC(Cc1ccccc1)C(=O)NCc1ccc(F)c(Cl)c1. The van der Waals surface area contributed by atoms with E-state index in [0.29, 0.717) is 6.42 Å². The molecule has 0 radical (unpaired) electrons. The summed E-state index contributed by atoms with van der Waals surface area (Å²) in [5.74, 6) is -0.730. The number of benzene rings is 2. The maximum Gasteiger partial charge on any atom is 0.237 e. The first-order valence-corrected chi connectivity index (χ1v) is 6.95. The van der Waals surface area contributed by atoms with Gasteiger partial charge in [0, 0.05) is 6.54 Å². The highest BCUT2D eigenvalue weighted by Gasteiger charge is 2.13. The summed E-state index contributed by atoms with van der Waals surface area (Å²) in [6, 6.07) is 13.3. The Morgan fingerprint density at radius 3 is 2.57 bits per heavy atom. The van der Waals surface area contributed by atoms with E-state index in [0.717, 1.165) is 11.1 Å². The van der Waals surface area contributed by atoms with Gasteiger partial charge in [0.25, 0.3) is 0 Å². The number of halogens is 2. The Morgan fingerprint density at radius 2 is 1.90 bits per heavy atom. The normalized spacial score (nSPS) is 12.0. The van der Waals surface area contributed by atoms with E-state index >= 15 is 0 Å². The van der Waals surface area contributed by atoms with Gasteiger partial charge in [-0.05, 0) is 29.7 Å². The van der Waals surface area contributed by atoms with Crippen LogP contribution in [0.25, 0.3) is 0 Å². The highest BCUT2D eigenvalue weighted by molar-refractivity contribution is 6.30. The molecule has 0 fully saturated rings. The molecule has 110 valence electrons. The van der Waals surface area contributed by atoms with Gasteiger partial charge in [0.05, 0.1) is 11.1 Å². The zero-order valence-electron chi connectivity index (χ0n) is 11.4. The van der Waals surface area contributed by atoms with Crippen LogP contribution >= 0.6 is 11.6 Å². The Hall–Kier alpha value is -1.91. The lowest BCUT2D eigenvalue weighted by molar-refractivity contribution is -0.122. The maximum absolute atomic E-state index is 13.0. The predicted molar refractivity (Wildman–Crippen MR) is 81.4 cm³/mol. The number of nitrogens with one attached hydrogen (secondary N) is 1. The van der Waals surface area contributed by atoms with Crippen molar-refractivity contribution in [2.24, 2.45) is 5.73 Å². The van der Waals surface area contributed by atoms with Crippen LogP contribution in [-0.2, 0) is 17.8 Å². The summed E-state index contributed by atoms with van der Waals surface area (Å²) < 4.78 is 13.0. The zero-order chi connectivity index (χ0) is 15.2. The smallest absolute Gasteiger partial charge is 0.237 e. The van der Waals surface area contributed by atoms with Crippen LogP contribution in [-0.4, -0.2) is 11.9 Å². The summed E-state index contributed by atoms with van der Waals surface area (Å²) in [6.45, 7) is 0.265. The summed E-state index contributed by atoms with van der Waals surface area (Å²) in [5.41, 5.74) is 7.60. The van der Waals surface area contributed by atoms with Crippen molar-refractivity contribution in [2.45, 2.75) is 19.0 Å². The minimum Gasteiger partial charge on any atom is -0.351 e. The van der Waals surface area contributed by atoms with Crippen LogP contribution in [0.5, 0.6) is 0 Å². The highest BCUT2D eigenvalue weighted by Crippen LogP contribution is 2.15. The van der Waals surface area contributed by atoms with Crippen LogP contribution in [0.1, 0.15) is 11.1 Å². The second-order valence-electron chi connectivity index (χ2n) is 4.76. The van der Waals surface area contributed by atoms with E-state index < -0.39 is 11.9 Å². The molecule has 0 saturated carbocycles. The van der Waals surface area contributed by atoms with Gasteiger partial charge in [-0.25, -0.2) is 4.39 Å². The third-order valence-electron chi connectivity index (χ3n) is 3.09. The molecule has 0 bridgehead atoms. The first-order valence-electron chi connectivity index (χ1n) is 6.57. The van der Waals surface area contributed by atoms with Crippen LogP contribution < -0.4 is 11.1 Å². The van der Waals surface area contributed by atoms with Crippen molar-refractivity contribution < 1.29 is 9.18 Å². The summed E-state index contributed by atoms with van der Waals surface area (Å²) in [7, 11) is 0. The third-order valence-corrected chi connectivity index (χ3v) is 3.38. The van der Waals surface area contributed by atoms with E-state index in [2.05, 4.69) is 5.32 Å². The Morgan fingerprint density at radius 1 is 1.19 bits per heavy atom. The van der Waals surface area contributed by atoms with Crippen molar-refractivity contribution in [2.75, 3.05) is 0 Å². The van der Waals surface area contributed by atoms with E-state index in [9.17, 15) is 9.18 Å².